The molecule has 2 aromatic carbocycles. The zero-order valence-corrected chi connectivity index (χ0v) is 16.1. The Morgan fingerprint density at radius 3 is 2.33 bits per heavy atom. The molecule has 5 heteroatoms. The maximum Gasteiger partial charge on any atom is 0.250 e. The van der Waals surface area contributed by atoms with Crippen LogP contribution in [-0.2, 0) is 5.54 Å². The number of nitrogens with two attached hydrogens (primary N) is 1. The molecule has 2 aromatic rings. The Morgan fingerprint density at radius 2 is 1.70 bits per heavy atom. The fourth-order valence-corrected chi connectivity index (χ4v) is 3.83. The average Bonchev–Trinajstić information content (AvgIpc) is 2.68. The lowest BCUT2D eigenvalue weighted by molar-refractivity contribution is -0.0819. The number of alkyl halides is 2. The lowest BCUT2D eigenvalue weighted by Crippen LogP contribution is -2.36. The van der Waals surface area contributed by atoms with Gasteiger partial charge in [-0.3, -0.25) is 0 Å². The predicted octanol–water partition coefficient (Wildman–Crippen LogP) is 4.99. The molecule has 1 atom stereocenters. The number of ether oxygens (including phenoxy) is 1. The van der Waals surface area contributed by atoms with Gasteiger partial charge < -0.3 is 15.6 Å². The number of benzene rings is 2. The van der Waals surface area contributed by atoms with Gasteiger partial charge in [-0.05, 0) is 67.1 Å². The van der Waals surface area contributed by atoms with Crippen molar-refractivity contribution in [3.05, 3.63) is 42.0 Å². The van der Waals surface area contributed by atoms with Gasteiger partial charge in [0.1, 0.15) is 5.75 Å². The predicted molar refractivity (Wildman–Crippen MR) is 104 cm³/mol. The first-order chi connectivity index (χ1) is 12.7. The molecule has 1 fully saturated rings. The quantitative estimate of drug-likeness (QED) is 0.746. The van der Waals surface area contributed by atoms with E-state index in [1.54, 1.807) is 13.8 Å². The van der Waals surface area contributed by atoms with E-state index in [1.165, 1.54) is 0 Å². The molecule has 0 aliphatic heterocycles. The van der Waals surface area contributed by atoms with Crippen molar-refractivity contribution in [3.8, 4) is 5.75 Å². The molecule has 0 amide bonds. The molecule has 0 spiro atoms. The van der Waals surface area contributed by atoms with Crippen LogP contribution in [0.4, 0.5) is 8.78 Å². The minimum absolute atomic E-state index is 0.00708. The Morgan fingerprint density at radius 1 is 1.07 bits per heavy atom. The molecule has 148 valence electrons. The van der Waals surface area contributed by atoms with E-state index >= 15 is 0 Å². The molecule has 0 bridgehead atoms. The van der Waals surface area contributed by atoms with Gasteiger partial charge in [-0.1, -0.05) is 25.1 Å². The van der Waals surface area contributed by atoms with Crippen molar-refractivity contribution < 1.29 is 18.6 Å². The Labute approximate surface area is 159 Å². The van der Waals surface area contributed by atoms with Crippen molar-refractivity contribution in [3.63, 3.8) is 0 Å². The highest BCUT2D eigenvalue weighted by Gasteiger charge is 2.40. The highest BCUT2D eigenvalue weighted by atomic mass is 19.3. The molecule has 0 unspecified atom stereocenters. The van der Waals surface area contributed by atoms with Crippen LogP contribution in [0.2, 0.25) is 0 Å². The van der Waals surface area contributed by atoms with Gasteiger partial charge in [0.15, 0.2) is 0 Å². The molecule has 1 aliphatic rings. The Bertz CT molecular complexity index is 783. The summed E-state index contributed by atoms with van der Waals surface area (Å²) in [5.41, 5.74) is 6.21. The molecule has 1 saturated carbocycles. The molecule has 0 heterocycles. The van der Waals surface area contributed by atoms with Crippen LogP contribution >= 0.6 is 0 Å². The van der Waals surface area contributed by atoms with Crippen LogP contribution in [0.5, 0.6) is 5.75 Å². The molecule has 0 radical (unpaired) electrons. The Hall–Kier alpha value is -1.72. The lowest BCUT2D eigenvalue weighted by Gasteiger charge is -2.33. The van der Waals surface area contributed by atoms with Crippen molar-refractivity contribution in [2.45, 2.75) is 63.5 Å². The van der Waals surface area contributed by atoms with Gasteiger partial charge in [-0.25, -0.2) is 8.78 Å². The Kier molecular flexibility index (Phi) is 5.73. The molecule has 27 heavy (non-hydrogen) atoms. The molecule has 1 aliphatic carbocycles. The van der Waals surface area contributed by atoms with E-state index in [4.69, 9.17) is 10.5 Å². The minimum Gasteiger partial charge on any atom is -0.490 e. The zero-order valence-electron chi connectivity index (χ0n) is 16.1. The maximum absolute atomic E-state index is 13.8. The molecular weight excluding hydrogens is 348 g/mol. The summed E-state index contributed by atoms with van der Waals surface area (Å²) in [5, 5.41) is 11.5. The van der Waals surface area contributed by atoms with Crippen molar-refractivity contribution in [2.24, 2.45) is 11.7 Å². The topological polar surface area (TPSA) is 55.5 Å². The lowest BCUT2D eigenvalue weighted by atomic mass is 9.82. The first kappa shape index (κ1) is 20.0. The largest absolute Gasteiger partial charge is 0.490 e. The van der Waals surface area contributed by atoms with Crippen LogP contribution in [0.1, 0.15) is 51.5 Å². The number of hydrogen-bond donors (Lipinski definition) is 2. The van der Waals surface area contributed by atoms with Crippen LogP contribution in [0, 0.1) is 5.92 Å². The van der Waals surface area contributed by atoms with E-state index in [0.29, 0.717) is 25.7 Å². The van der Waals surface area contributed by atoms with Crippen LogP contribution in [0.15, 0.2) is 36.4 Å². The molecule has 3 N–H and O–H groups in total. The molecule has 0 saturated heterocycles. The van der Waals surface area contributed by atoms with Gasteiger partial charge in [-0.2, -0.15) is 0 Å². The van der Waals surface area contributed by atoms with E-state index in [9.17, 15) is 13.9 Å². The second-order valence-electron chi connectivity index (χ2n) is 8.01. The van der Waals surface area contributed by atoms with Crippen LogP contribution in [0.25, 0.3) is 10.8 Å². The summed E-state index contributed by atoms with van der Waals surface area (Å²) in [7, 11) is 0. The highest BCUT2D eigenvalue weighted by Crippen LogP contribution is 2.39. The molecule has 3 nitrogen and oxygen atoms in total. The average molecular weight is 377 g/mol. The first-order valence-corrected chi connectivity index (χ1v) is 9.73. The number of fused-ring (bicyclic) bond motifs is 1. The van der Waals surface area contributed by atoms with E-state index < -0.39 is 17.4 Å². The van der Waals surface area contributed by atoms with Crippen LogP contribution in [-0.4, -0.2) is 23.7 Å². The summed E-state index contributed by atoms with van der Waals surface area (Å²) < 4.78 is 33.8. The van der Waals surface area contributed by atoms with E-state index in [0.717, 1.165) is 22.1 Å². The summed E-state index contributed by atoms with van der Waals surface area (Å²) in [4.78, 5) is 0. The fourth-order valence-electron chi connectivity index (χ4n) is 3.83. The fraction of sp³-hybridized carbons (Fsp3) is 0.545. The van der Waals surface area contributed by atoms with E-state index in [2.05, 4.69) is 0 Å². The summed E-state index contributed by atoms with van der Waals surface area (Å²) in [6, 6.07) is 11.7. The SMILES string of the molecule is CCC(F)(F)[C@H]1CC[C@@H](Oc2ccc3cc([C@@](C)(N)CO)ccc3c2)CC1. The van der Waals surface area contributed by atoms with Crippen molar-refractivity contribution in [1.29, 1.82) is 0 Å². The van der Waals surface area contributed by atoms with Gasteiger partial charge >= 0.3 is 0 Å². The summed E-state index contributed by atoms with van der Waals surface area (Å²) in [6.07, 6.45) is 2.26. The van der Waals surface area contributed by atoms with Crippen LogP contribution in [0.3, 0.4) is 0 Å². The summed E-state index contributed by atoms with van der Waals surface area (Å²) in [5.74, 6) is -2.31. The van der Waals surface area contributed by atoms with Gasteiger partial charge in [-0.15, -0.1) is 0 Å². The van der Waals surface area contributed by atoms with E-state index in [1.807, 2.05) is 36.4 Å². The summed E-state index contributed by atoms with van der Waals surface area (Å²) in [6.45, 7) is 3.22. The third kappa shape index (κ3) is 4.41. The minimum atomic E-state index is -2.56. The van der Waals surface area contributed by atoms with Crippen LogP contribution < -0.4 is 10.5 Å². The zero-order chi connectivity index (χ0) is 19.7. The number of halogens is 2. The molecular formula is C22H29F2NO2. The monoisotopic (exact) mass is 377 g/mol. The second-order valence-corrected chi connectivity index (χ2v) is 8.01. The maximum atomic E-state index is 13.8. The van der Waals surface area contributed by atoms with Crippen molar-refractivity contribution >= 4 is 10.8 Å². The molecule has 0 aromatic heterocycles. The highest BCUT2D eigenvalue weighted by molar-refractivity contribution is 5.84. The van der Waals surface area contributed by atoms with Crippen molar-refractivity contribution in [1.82, 2.24) is 0 Å². The smallest absolute Gasteiger partial charge is 0.250 e. The Balaban J connectivity index is 1.67. The third-order valence-electron chi connectivity index (χ3n) is 5.85. The molecule has 3 rings (SSSR count). The first-order valence-electron chi connectivity index (χ1n) is 9.73. The number of aliphatic hydroxyl groups excluding tert-OH is 1. The van der Waals surface area contributed by atoms with Crippen molar-refractivity contribution in [2.75, 3.05) is 6.61 Å². The van der Waals surface area contributed by atoms with Gasteiger partial charge in [0.05, 0.1) is 18.2 Å². The van der Waals surface area contributed by atoms with Gasteiger partial charge in [0, 0.05) is 12.3 Å². The number of aliphatic hydroxyl groups is 1. The van der Waals surface area contributed by atoms with E-state index in [-0.39, 0.29) is 19.1 Å². The number of rotatable bonds is 6. The third-order valence-corrected chi connectivity index (χ3v) is 5.85. The standard InChI is InChI=1S/C22H29F2NO2/c1-3-22(23,24)17-7-10-19(11-8-17)27-20-9-5-15-12-18(21(2,25)14-26)6-4-16(15)13-20/h4-6,9,12-13,17,19,26H,3,7-8,10-11,14,25H2,1-2H3/t17-,19+,21-/m0/s1. The number of hydrogen-bond acceptors (Lipinski definition) is 3. The van der Waals surface area contributed by atoms with Gasteiger partial charge in [0.2, 0.25) is 0 Å². The summed E-state index contributed by atoms with van der Waals surface area (Å²) >= 11 is 0. The normalized spacial score (nSPS) is 23.2. The second kappa shape index (κ2) is 7.72. The van der Waals surface area contributed by atoms with Gasteiger partial charge in [0.25, 0.3) is 5.92 Å².